The molecule has 1 aromatic rings. The van der Waals surface area contributed by atoms with Crippen LogP contribution in [0.5, 0.6) is 5.75 Å². The predicted octanol–water partition coefficient (Wildman–Crippen LogP) is 4.01. The fourth-order valence-corrected chi connectivity index (χ4v) is 5.07. The molecule has 0 spiro atoms. The lowest BCUT2D eigenvalue weighted by Gasteiger charge is -2.42. The Hall–Kier alpha value is -3.51. The topological polar surface area (TPSA) is 117 Å². The highest BCUT2D eigenvalue weighted by molar-refractivity contribution is 6.05. The van der Waals surface area contributed by atoms with Gasteiger partial charge in [-0.1, -0.05) is 6.92 Å². The minimum Gasteiger partial charge on any atom is -0.476 e. The number of nitrogens with zero attached hydrogens (tertiary/aromatic N) is 3. The van der Waals surface area contributed by atoms with Crippen LogP contribution in [-0.2, 0) is 20.5 Å². The van der Waals surface area contributed by atoms with Gasteiger partial charge in [0.2, 0.25) is 0 Å². The largest absolute Gasteiger partial charge is 0.476 e. The van der Waals surface area contributed by atoms with Gasteiger partial charge in [0.05, 0.1) is 35.9 Å². The molecule has 39 heavy (non-hydrogen) atoms. The fraction of sp³-hybridized carbons (Fsp3) is 0.615. The Bertz CT molecular complexity index is 1150. The molecule has 216 valence electrons. The molecule has 2 atom stereocenters. The van der Waals surface area contributed by atoms with Crippen molar-refractivity contribution < 1.29 is 46.9 Å². The third-order valence-corrected chi connectivity index (χ3v) is 6.96. The van der Waals surface area contributed by atoms with Gasteiger partial charge < -0.3 is 29.3 Å². The van der Waals surface area contributed by atoms with Crippen LogP contribution in [0.25, 0.3) is 0 Å². The van der Waals surface area contributed by atoms with Gasteiger partial charge in [-0.15, -0.1) is 0 Å². The number of methoxy groups -OCH3 is 1. The molecule has 0 bridgehead atoms. The molecule has 1 aromatic carbocycles. The zero-order valence-corrected chi connectivity index (χ0v) is 22.8. The number of halogens is 3. The summed E-state index contributed by atoms with van der Waals surface area (Å²) >= 11 is 0. The van der Waals surface area contributed by atoms with Gasteiger partial charge in [-0.05, 0) is 52.7 Å². The Labute approximate surface area is 224 Å². The van der Waals surface area contributed by atoms with E-state index in [0.29, 0.717) is 18.9 Å². The van der Waals surface area contributed by atoms with Gasteiger partial charge in [0.25, 0.3) is 11.8 Å². The molecular weight excluding hydrogens is 523 g/mol. The summed E-state index contributed by atoms with van der Waals surface area (Å²) in [4.78, 5) is 54.3. The summed E-state index contributed by atoms with van der Waals surface area (Å²) < 4.78 is 53.4. The summed E-state index contributed by atoms with van der Waals surface area (Å²) in [5, 5.41) is 9.43. The normalized spacial score (nSPS) is 19.7. The maximum atomic E-state index is 14.3. The van der Waals surface area contributed by atoms with Gasteiger partial charge in [0, 0.05) is 25.7 Å². The molecule has 1 saturated heterocycles. The van der Waals surface area contributed by atoms with Crippen LogP contribution < -0.4 is 9.64 Å². The first-order valence-electron chi connectivity index (χ1n) is 12.6. The van der Waals surface area contributed by atoms with Crippen LogP contribution in [0.15, 0.2) is 12.1 Å². The molecule has 2 heterocycles. The van der Waals surface area contributed by atoms with E-state index in [9.17, 15) is 37.5 Å². The van der Waals surface area contributed by atoms with Crippen LogP contribution in [0.1, 0.15) is 63.4 Å². The van der Waals surface area contributed by atoms with Gasteiger partial charge in [-0.2, -0.15) is 13.2 Å². The molecule has 2 aliphatic heterocycles. The Morgan fingerprint density at radius 2 is 1.87 bits per heavy atom. The lowest BCUT2D eigenvalue weighted by molar-refractivity contribution is -0.144. The van der Waals surface area contributed by atoms with E-state index in [1.807, 2.05) is 0 Å². The van der Waals surface area contributed by atoms with E-state index < -0.39 is 64.8 Å². The molecule has 1 N–H and O–H groups in total. The number of esters is 1. The van der Waals surface area contributed by atoms with Crippen LogP contribution in [0.4, 0.5) is 23.7 Å². The summed E-state index contributed by atoms with van der Waals surface area (Å²) in [5.41, 5.74) is -3.56. The molecule has 0 aromatic heterocycles. The van der Waals surface area contributed by atoms with Crippen molar-refractivity contribution in [1.29, 1.82) is 0 Å². The minimum absolute atomic E-state index is 0.0376. The number of fused-ring (bicyclic) bond motifs is 1. The number of alkyl halides is 3. The van der Waals surface area contributed by atoms with E-state index in [4.69, 9.17) is 9.47 Å². The number of likely N-dealkylation sites (tertiary alicyclic amines) is 1. The van der Waals surface area contributed by atoms with Crippen molar-refractivity contribution in [2.75, 3.05) is 31.6 Å². The molecule has 10 nitrogen and oxygen atoms in total. The number of piperidine rings is 1. The van der Waals surface area contributed by atoms with Crippen molar-refractivity contribution in [1.82, 2.24) is 9.80 Å². The molecule has 13 heteroatoms. The number of anilines is 1. The molecule has 3 rings (SSSR count). The summed E-state index contributed by atoms with van der Waals surface area (Å²) in [6, 6.07) is 0.479. The number of benzene rings is 1. The Morgan fingerprint density at radius 1 is 1.23 bits per heavy atom. The quantitative estimate of drug-likeness (QED) is 0.526. The third-order valence-electron chi connectivity index (χ3n) is 6.96. The minimum atomic E-state index is -4.94. The highest BCUT2D eigenvalue weighted by Crippen LogP contribution is 2.44. The molecule has 2 aliphatic rings. The van der Waals surface area contributed by atoms with Gasteiger partial charge >= 0.3 is 18.2 Å². The monoisotopic (exact) mass is 557 g/mol. The Kier molecular flexibility index (Phi) is 8.42. The summed E-state index contributed by atoms with van der Waals surface area (Å²) in [6.07, 6.45) is -5.25. The number of amides is 3. The number of carbonyl (C=O) groups is 4. The van der Waals surface area contributed by atoms with Crippen LogP contribution in [0.3, 0.4) is 0 Å². The number of hydrogen-bond donors (Lipinski definition) is 1. The molecule has 0 saturated carbocycles. The van der Waals surface area contributed by atoms with Crippen LogP contribution in [0.2, 0.25) is 0 Å². The molecule has 0 aliphatic carbocycles. The second-order valence-electron chi connectivity index (χ2n) is 10.6. The first-order valence-corrected chi connectivity index (χ1v) is 12.6. The van der Waals surface area contributed by atoms with Crippen molar-refractivity contribution in [3.05, 3.63) is 23.3 Å². The molecule has 3 amide bonds. The fourth-order valence-electron chi connectivity index (χ4n) is 5.07. The number of rotatable bonds is 6. The summed E-state index contributed by atoms with van der Waals surface area (Å²) in [5.74, 6) is -3.25. The third kappa shape index (κ3) is 6.06. The zero-order chi connectivity index (χ0) is 29.4. The number of carboxylic acid groups (broad SMARTS) is 1. The number of hydrogen-bond acceptors (Lipinski definition) is 6. The first kappa shape index (κ1) is 30.0. The highest BCUT2D eigenvalue weighted by atomic mass is 19.4. The van der Waals surface area contributed by atoms with Crippen LogP contribution in [-0.4, -0.2) is 83.2 Å². The molecule has 1 fully saturated rings. The standard InChI is InChI=1S/C26H34F3N3O7/c1-14(2)32(16-8-7-9-30(13-16)24(36)37)21(33)17-10-19-20(11-18(17)26(27,28)29)39-25(4,5)23(35)31(19)12-15(3)22(34)38-6/h10-11,14-16H,7-9,12-13H2,1-6H3,(H,36,37)/t15-,16+/m0/s1. The van der Waals surface area contributed by atoms with E-state index in [1.165, 1.54) is 32.8 Å². The second kappa shape index (κ2) is 10.9. The number of ether oxygens (including phenoxy) is 2. The van der Waals surface area contributed by atoms with Crippen molar-refractivity contribution >= 4 is 29.6 Å². The zero-order valence-electron chi connectivity index (χ0n) is 22.8. The average molecular weight is 558 g/mol. The Balaban J connectivity index is 2.16. The van der Waals surface area contributed by atoms with E-state index in [0.717, 1.165) is 15.9 Å². The second-order valence-corrected chi connectivity index (χ2v) is 10.6. The summed E-state index contributed by atoms with van der Waals surface area (Å²) in [7, 11) is 1.18. The van der Waals surface area contributed by atoms with E-state index in [2.05, 4.69) is 0 Å². The summed E-state index contributed by atoms with van der Waals surface area (Å²) in [6.45, 7) is 7.61. The van der Waals surface area contributed by atoms with Gasteiger partial charge in [-0.3, -0.25) is 14.4 Å². The lowest BCUT2D eigenvalue weighted by atomic mass is 9.96. The van der Waals surface area contributed by atoms with E-state index >= 15 is 0 Å². The van der Waals surface area contributed by atoms with Crippen LogP contribution in [0, 0.1) is 5.92 Å². The van der Waals surface area contributed by atoms with E-state index in [-0.39, 0.29) is 31.1 Å². The average Bonchev–Trinajstić information content (AvgIpc) is 2.84. The van der Waals surface area contributed by atoms with Gasteiger partial charge in [0.1, 0.15) is 5.75 Å². The van der Waals surface area contributed by atoms with Gasteiger partial charge in [0.15, 0.2) is 5.60 Å². The smallest absolute Gasteiger partial charge is 0.417 e. The highest BCUT2D eigenvalue weighted by Gasteiger charge is 2.46. The maximum Gasteiger partial charge on any atom is 0.417 e. The van der Waals surface area contributed by atoms with E-state index in [1.54, 1.807) is 13.8 Å². The van der Waals surface area contributed by atoms with Gasteiger partial charge in [-0.25, -0.2) is 4.79 Å². The van der Waals surface area contributed by atoms with Crippen molar-refractivity contribution in [2.45, 2.75) is 71.3 Å². The van der Waals surface area contributed by atoms with Crippen molar-refractivity contribution in [3.8, 4) is 5.75 Å². The Morgan fingerprint density at radius 3 is 2.41 bits per heavy atom. The number of carbonyl (C=O) groups excluding carboxylic acids is 3. The van der Waals surface area contributed by atoms with Crippen LogP contribution >= 0.6 is 0 Å². The van der Waals surface area contributed by atoms with Crippen molar-refractivity contribution in [3.63, 3.8) is 0 Å². The lowest BCUT2D eigenvalue weighted by Crippen LogP contribution is -2.55. The SMILES string of the molecule is COC(=O)[C@@H](C)CN1C(=O)C(C)(C)Oc2cc(C(F)(F)F)c(C(=O)N(C(C)C)[C@@H]3CCCN(C(=O)O)C3)cc21. The molecule has 0 radical (unpaired) electrons. The predicted molar refractivity (Wildman–Crippen MR) is 134 cm³/mol. The maximum absolute atomic E-state index is 14.3. The van der Waals surface area contributed by atoms with Crippen molar-refractivity contribution in [2.24, 2.45) is 5.92 Å². The molecular formula is C26H34F3N3O7. The first-order chi connectivity index (χ1) is 18.0. The molecule has 0 unspecified atom stereocenters.